The number of amides is 1. The van der Waals surface area contributed by atoms with E-state index in [0.29, 0.717) is 4.58 Å². The van der Waals surface area contributed by atoms with Crippen LogP contribution in [0.15, 0.2) is 24.3 Å². The van der Waals surface area contributed by atoms with E-state index in [2.05, 4.69) is 23.5 Å². The Morgan fingerprint density at radius 3 is 2.57 bits per heavy atom. The van der Waals surface area contributed by atoms with E-state index in [9.17, 15) is 4.79 Å². The Labute approximate surface area is 135 Å². The Kier molecular flexibility index (Phi) is 5.53. The Morgan fingerprint density at radius 1 is 1.05 bits per heavy atom. The van der Waals surface area contributed by atoms with Crippen LogP contribution in [0.3, 0.4) is 0 Å². The van der Waals surface area contributed by atoms with E-state index in [0.717, 1.165) is 18.5 Å². The number of benzene rings is 1. The third-order valence-electron chi connectivity index (χ3n) is 4.23. The van der Waals surface area contributed by atoms with Gasteiger partial charge in [0.1, 0.15) is 0 Å². The molecular weight excluding hydrogens is 298 g/mol. The molecule has 3 rings (SSSR count). The summed E-state index contributed by atoms with van der Waals surface area (Å²) in [4.78, 5) is 12.3. The van der Waals surface area contributed by atoms with Crippen LogP contribution >= 0.6 is 23.5 Å². The molecule has 0 atom stereocenters. The van der Waals surface area contributed by atoms with Crippen molar-refractivity contribution in [2.45, 2.75) is 43.1 Å². The van der Waals surface area contributed by atoms with Crippen molar-refractivity contribution in [3.63, 3.8) is 0 Å². The first-order valence-corrected chi connectivity index (χ1v) is 10.1. The minimum Gasteiger partial charge on any atom is -0.326 e. The van der Waals surface area contributed by atoms with Gasteiger partial charge in [-0.25, -0.2) is 0 Å². The fourth-order valence-corrected chi connectivity index (χ4v) is 5.93. The van der Waals surface area contributed by atoms with Gasteiger partial charge in [0.2, 0.25) is 5.91 Å². The molecule has 0 spiro atoms. The average molecular weight is 322 g/mol. The zero-order chi connectivity index (χ0) is 14.5. The molecule has 114 valence electrons. The zero-order valence-corrected chi connectivity index (χ0v) is 14.0. The number of carbonyl (C=O) groups is 1. The van der Waals surface area contributed by atoms with Crippen LogP contribution in [0, 0.1) is 5.92 Å². The maximum absolute atomic E-state index is 12.3. The molecule has 1 N–H and O–H groups in total. The fraction of sp³-hybridized carbons (Fsp3) is 0.588. The molecule has 0 aromatic heterocycles. The Morgan fingerprint density at radius 2 is 1.81 bits per heavy atom. The molecule has 1 aliphatic carbocycles. The standard InChI is InChI=1S/C17H23NOS2/c19-16(13-6-2-1-3-7-13)18-15-9-4-8-14(12-15)17-20-10-5-11-21-17/h4,8-9,12-13,17H,1-3,5-7,10-11H2,(H,18,19). The summed E-state index contributed by atoms with van der Waals surface area (Å²) in [5, 5.41) is 3.13. The zero-order valence-electron chi connectivity index (χ0n) is 12.3. The Hall–Kier alpha value is -0.610. The van der Waals surface area contributed by atoms with Gasteiger partial charge in [-0.3, -0.25) is 4.79 Å². The highest BCUT2D eigenvalue weighted by atomic mass is 32.2. The molecule has 1 amide bonds. The molecule has 1 aliphatic heterocycles. The molecule has 0 unspecified atom stereocenters. The minimum atomic E-state index is 0.218. The van der Waals surface area contributed by atoms with Crippen molar-refractivity contribution in [1.82, 2.24) is 0 Å². The lowest BCUT2D eigenvalue weighted by Gasteiger charge is -2.23. The van der Waals surface area contributed by atoms with Gasteiger partial charge >= 0.3 is 0 Å². The highest BCUT2D eigenvalue weighted by Crippen LogP contribution is 2.44. The van der Waals surface area contributed by atoms with Crippen LogP contribution < -0.4 is 5.32 Å². The highest BCUT2D eigenvalue weighted by Gasteiger charge is 2.22. The molecule has 2 fully saturated rings. The summed E-state index contributed by atoms with van der Waals surface area (Å²) >= 11 is 4.04. The van der Waals surface area contributed by atoms with Gasteiger partial charge in [0, 0.05) is 11.6 Å². The summed E-state index contributed by atoms with van der Waals surface area (Å²) in [6.07, 6.45) is 7.11. The third kappa shape index (κ3) is 4.19. The molecule has 4 heteroatoms. The van der Waals surface area contributed by atoms with Crippen molar-refractivity contribution in [2.75, 3.05) is 16.8 Å². The summed E-state index contributed by atoms with van der Waals surface area (Å²) in [6.45, 7) is 0. The molecule has 1 aromatic rings. The van der Waals surface area contributed by atoms with Crippen LogP contribution in [-0.4, -0.2) is 17.4 Å². The summed E-state index contributed by atoms with van der Waals surface area (Å²) < 4.78 is 0.533. The lowest BCUT2D eigenvalue weighted by atomic mass is 9.88. The summed E-state index contributed by atoms with van der Waals surface area (Å²) in [5.41, 5.74) is 2.31. The van der Waals surface area contributed by atoms with Crippen molar-refractivity contribution >= 4 is 35.1 Å². The Bertz CT molecular complexity index is 479. The van der Waals surface area contributed by atoms with Crippen molar-refractivity contribution in [3.8, 4) is 0 Å². The lowest BCUT2D eigenvalue weighted by molar-refractivity contribution is -0.120. The topological polar surface area (TPSA) is 29.1 Å². The van der Waals surface area contributed by atoms with Gasteiger partial charge in [0.05, 0.1) is 4.58 Å². The van der Waals surface area contributed by atoms with Crippen LogP contribution in [0.5, 0.6) is 0 Å². The molecule has 1 heterocycles. The van der Waals surface area contributed by atoms with Gasteiger partial charge in [0.15, 0.2) is 0 Å². The number of thioether (sulfide) groups is 2. The van der Waals surface area contributed by atoms with E-state index in [1.165, 1.54) is 42.8 Å². The van der Waals surface area contributed by atoms with E-state index in [1.807, 2.05) is 29.6 Å². The fourth-order valence-electron chi connectivity index (χ4n) is 3.05. The molecule has 2 aliphatic rings. The van der Waals surface area contributed by atoms with E-state index in [-0.39, 0.29) is 11.8 Å². The van der Waals surface area contributed by atoms with Crippen LogP contribution in [0.4, 0.5) is 5.69 Å². The monoisotopic (exact) mass is 321 g/mol. The van der Waals surface area contributed by atoms with E-state index < -0.39 is 0 Å². The second-order valence-electron chi connectivity index (χ2n) is 5.88. The van der Waals surface area contributed by atoms with Gasteiger partial charge in [0.25, 0.3) is 0 Å². The summed E-state index contributed by atoms with van der Waals surface area (Å²) in [7, 11) is 0. The molecular formula is C17H23NOS2. The predicted molar refractivity (Wildman–Crippen MR) is 93.9 cm³/mol. The van der Waals surface area contributed by atoms with Gasteiger partial charge in [-0.15, -0.1) is 23.5 Å². The molecule has 1 saturated heterocycles. The molecule has 1 aromatic carbocycles. The van der Waals surface area contributed by atoms with E-state index in [1.54, 1.807) is 0 Å². The molecule has 1 saturated carbocycles. The lowest BCUT2D eigenvalue weighted by Crippen LogP contribution is -2.24. The van der Waals surface area contributed by atoms with E-state index in [4.69, 9.17) is 0 Å². The number of carbonyl (C=O) groups excluding carboxylic acids is 1. The van der Waals surface area contributed by atoms with Gasteiger partial charge in [-0.1, -0.05) is 31.4 Å². The van der Waals surface area contributed by atoms with Crippen molar-refractivity contribution < 1.29 is 4.79 Å². The first kappa shape index (κ1) is 15.3. The Balaban J connectivity index is 1.63. The van der Waals surface area contributed by atoms with Crippen molar-refractivity contribution in [2.24, 2.45) is 5.92 Å². The average Bonchev–Trinajstić information content (AvgIpc) is 2.57. The first-order chi connectivity index (χ1) is 10.3. The van der Waals surface area contributed by atoms with Crippen LogP contribution in [0.25, 0.3) is 0 Å². The number of rotatable bonds is 3. The van der Waals surface area contributed by atoms with Crippen molar-refractivity contribution in [3.05, 3.63) is 29.8 Å². The molecule has 21 heavy (non-hydrogen) atoms. The number of anilines is 1. The molecule has 2 nitrogen and oxygen atoms in total. The smallest absolute Gasteiger partial charge is 0.227 e. The van der Waals surface area contributed by atoms with Gasteiger partial charge in [-0.05, 0) is 48.5 Å². The van der Waals surface area contributed by atoms with Gasteiger partial charge < -0.3 is 5.32 Å². The summed E-state index contributed by atoms with van der Waals surface area (Å²) in [5.74, 6) is 2.93. The second kappa shape index (κ2) is 7.59. The number of hydrogen-bond acceptors (Lipinski definition) is 3. The predicted octanol–water partition coefficient (Wildman–Crippen LogP) is 5.07. The SMILES string of the molecule is O=C(Nc1cccc(C2SCCCS2)c1)C1CCCCC1. The first-order valence-electron chi connectivity index (χ1n) is 7.97. The van der Waals surface area contributed by atoms with Crippen LogP contribution in [-0.2, 0) is 4.79 Å². The molecule has 0 bridgehead atoms. The highest BCUT2D eigenvalue weighted by molar-refractivity contribution is 8.16. The quantitative estimate of drug-likeness (QED) is 0.842. The van der Waals surface area contributed by atoms with Crippen molar-refractivity contribution in [1.29, 1.82) is 0 Å². The largest absolute Gasteiger partial charge is 0.326 e. The van der Waals surface area contributed by atoms with E-state index >= 15 is 0 Å². The second-order valence-corrected chi connectivity index (χ2v) is 8.60. The number of hydrogen-bond donors (Lipinski definition) is 1. The number of nitrogens with one attached hydrogen (secondary N) is 1. The maximum Gasteiger partial charge on any atom is 0.227 e. The van der Waals surface area contributed by atoms with Crippen LogP contribution in [0.2, 0.25) is 0 Å². The molecule has 0 radical (unpaired) electrons. The third-order valence-corrected chi connectivity index (χ3v) is 7.24. The minimum absolute atomic E-state index is 0.218. The maximum atomic E-state index is 12.3. The van der Waals surface area contributed by atoms with Gasteiger partial charge in [-0.2, -0.15) is 0 Å². The van der Waals surface area contributed by atoms with Crippen LogP contribution in [0.1, 0.15) is 48.7 Å². The summed E-state index contributed by atoms with van der Waals surface area (Å²) in [6, 6.07) is 8.44. The normalized spacial score (nSPS) is 21.1.